The largest absolute Gasteiger partial charge is 0.481 e. The minimum atomic E-state index is -4.92. The average molecular weight is 490 g/mol. The van der Waals surface area contributed by atoms with Crippen LogP contribution in [0.1, 0.15) is 30.4 Å². The molecule has 0 aromatic heterocycles. The molecule has 35 heavy (non-hydrogen) atoms. The lowest BCUT2D eigenvalue weighted by atomic mass is 9.90. The van der Waals surface area contributed by atoms with Crippen LogP contribution in [0, 0.1) is 11.3 Å². The lowest BCUT2D eigenvalue weighted by molar-refractivity contribution is -0.187. The fourth-order valence-electron chi connectivity index (χ4n) is 4.72. The number of aliphatic carboxylic acids is 1. The molecular weight excluding hydrogens is 465 g/mol. The van der Waals surface area contributed by atoms with Crippen molar-refractivity contribution in [2.75, 3.05) is 26.2 Å². The van der Waals surface area contributed by atoms with Gasteiger partial charge in [0.25, 0.3) is 0 Å². The third-order valence-corrected chi connectivity index (χ3v) is 6.79. The molecule has 2 N–H and O–H groups in total. The average Bonchev–Trinajstić information content (AvgIpc) is 3.36. The Bertz CT molecular complexity index is 1110. The Hall–Kier alpha value is -3.56. The topological polar surface area (TPSA) is 95.9 Å². The van der Waals surface area contributed by atoms with E-state index in [-0.39, 0.29) is 32.0 Å². The van der Waals surface area contributed by atoms with Crippen molar-refractivity contribution in [3.63, 3.8) is 0 Å². The van der Waals surface area contributed by atoms with Crippen molar-refractivity contribution in [1.29, 1.82) is 0 Å². The number of hydrogen-bond acceptors (Lipinski definition) is 4. The summed E-state index contributed by atoms with van der Waals surface area (Å²) in [7, 11) is 0. The molecule has 1 aliphatic heterocycles. The highest BCUT2D eigenvalue weighted by Gasteiger charge is 2.50. The molecule has 0 bridgehead atoms. The van der Waals surface area contributed by atoms with Gasteiger partial charge in [0.2, 0.25) is 5.91 Å². The number of nitrogens with zero attached hydrogens (tertiary/aromatic N) is 1. The van der Waals surface area contributed by atoms with Gasteiger partial charge in [0.05, 0.1) is 5.41 Å². The van der Waals surface area contributed by atoms with Gasteiger partial charge in [-0.2, -0.15) is 13.2 Å². The van der Waals surface area contributed by atoms with Crippen LogP contribution in [-0.2, 0) is 14.3 Å². The molecule has 1 heterocycles. The molecule has 1 fully saturated rings. The highest BCUT2D eigenvalue weighted by atomic mass is 19.4. The van der Waals surface area contributed by atoms with E-state index in [2.05, 4.69) is 5.32 Å². The molecule has 2 aromatic rings. The molecule has 1 saturated heterocycles. The molecule has 2 aromatic carbocycles. The maximum absolute atomic E-state index is 13.6. The van der Waals surface area contributed by atoms with Crippen molar-refractivity contribution in [3.8, 4) is 11.1 Å². The van der Waals surface area contributed by atoms with E-state index in [1.807, 2.05) is 48.5 Å². The van der Waals surface area contributed by atoms with E-state index in [4.69, 9.17) is 4.74 Å². The molecule has 0 saturated carbocycles. The first-order valence-corrected chi connectivity index (χ1v) is 11.2. The number of rotatable bonds is 6. The fraction of sp³-hybridized carbons (Fsp3) is 0.400. The van der Waals surface area contributed by atoms with Gasteiger partial charge in [-0.3, -0.25) is 9.59 Å². The number of carbonyl (C=O) groups excluding carboxylic acids is 2. The van der Waals surface area contributed by atoms with E-state index in [0.717, 1.165) is 27.2 Å². The summed E-state index contributed by atoms with van der Waals surface area (Å²) in [5.74, 6) is -5.19. The first kappa shape index (κ1) is 24.6. The van der Waals surface area contributed by atoms with Gasteiger partial charge in [-0.05, 0) is 35.6 Å². The van der Waals surface area contributed by atoms with Crippen molar-refractivity contribution in [1.82, 2.24) is 10.2 Å². The van der Waals surface area contributed by atoms with Crippen LogP contribution in [0.25, 0.3) is 11.1 Å². The van der Waals surface area contributed by atoms with Gasteiger partial charge in [-0.25, -0.2) is 4.79 Å². The van der Waals surface area contributed by atoms with Crippen molar-refractivity contribution in [2.24, 2.45) is 11.3 Å². The zero-order valence-electron chi connectivity index (χ0n) is 19.0. The number of likely N-dealkylation sites (tertiary alicyclic amines) is 1. The van der Waals surface area contributed by atoms with E-state index in [1.165, 1.54) is 6.92 Å². The number of ether oxygens (including phenoxy) is 1. The van der Waals surface area contributed by atoms with Gasteiger partial charge in [0.1, 0.15) is 6.61 Å². The quantitative estimate of drug-likeness (QED) is 0.638. The van der Waals surface area contributed by atoms with Gasteiger partial charge >= 0.3 is 18.2 Å². The third kappa shape index (κ3) is 4.82. The Balaban J connectivity index is 1.38. The number of halogens is 3. The second-order valence-corrected chi connectivity index (χ2v) is 9.18. The van der Waals surface area contributed by atoms with E-state index < -0.39 is 42.0 Å². The number of nitrogens with one attached hydrogen (secondary N) is 1. The summed E-state index contributed by atoms with van der Waals surface area (Å²) in [5.41, 5.74) is 2.64. The van der Waals surface area contributed by atoms with Gasteiger partial charge in [-0.1, -0.05) is 48.5 Å². The minimum Gasteiger partial charge on any atom is -0.481 e. The number of hydrogen-bond donors (Lipinski definition) is 2. The van der Waals surface area contributed by atoms with E-state index in [9.17, 15) is 32.7 Å². The molecule has 4 rings (SSSR count). The van der Waals surface area contributed by atoms with E-state index in [0.29, 0.717) is 0 Å². The molecule has 1 aliphatic carbocycles. The van der Waals surface area contributed by atoms with Crippen LogP contribution >= 0.6 is 0 Å². The third-order valence-electron chi connectivity index (χ3n) is 6.79. The lowest BCUT2D eigenvalue weighted by Gasteiger charge is -2.26. The molecule has 2 atom stereocenters. The zero-order chi connectivity index (χ0) is 25.4. The lowest BCUT2D eigenvalue weighted by Crippen LogP contribution is -2.48. The molecule has 186 valence electrons. The summed E-state index contributed by atoms with van der Waals surface area (Å²) >= 11 is 0. The molecule has 2 amide bonds. The monoisotopic (exact) mass is 490 g/mol. The standard InChI is InChI=1S/C25H25F3N2O5/c1-24(22(32)33)10-11-30(14-24)21(31)20(25(26,27)28)12-29-23(34)35-13-19-17-8-4-2-6-15(17)16-7-3-5-9-18(16)19/h2-9,19-20H,10-14H2,1H3,(H,29,34)(H,32,33). The summed E-state index contributed by atoms with van der Waals surface area (Å²) in [5, 5.41) is 11.3. The second-order valence-electron chi connectivity index (χ2n) is 9.18. The van der Waals surface area contributed by atoms with Gasteiger partial charge in [0.15, 0.2) is 5.92 Å². The van der Waals surface area contributed by atoms with Crippen LogP contribution in [0.15, 0.2) is 48.5 Å². The first-order valence-electron chi connectivity index (χ1n) is 11.2. The van der Waals surface area contributed by atoms with Gasteiger partial charge in [-0.15, -0.1) is 0 Å². The van der Waals surface area contributed by atoms with E-state index in [1.54, 1.807) is 0 Å². The Morgan fingerprint density at radius 2 is 1.69 bits per heavy atom. The van der Waals surface area contributed by atoms with Crippen LogP contribution in [0.5, 0.6) is 0 Å². The van der Waals surface area contributed by atoms with Crippen LogP contribution < -0.4 is 5.32 Å². The van der Waals surface area contributed by atoms with Crippen molar-refractivity contribution in [2.45, 2.75) is 25.4 Å². The number of alkyl halides is 3. The van der Waals surface area contributed by atoms with Crippen molar-refractivity contribution in [3.05, 3.63) is 59.7 Å². The van der Waals surface area contributed by atoms with Crippen LogP contribution in [0.4, 0.5) is 18.0 Å². The van der Waals surface area contributed by atoms with Gasteiger partial charge < -0.3 is 20.1 Å². The Morgan fingerprint density at radius 3 is 2.20 bits per heavy atom. The van der Waals surface area contributed by atoms with E-state index >= 15 is 0 Å². The maximum atomic E-state index is 13.6. The minimum absolute atomic E-state index is 0.0540. The molecule has 2 aliphatic rings. The summed E-state index contributed by atoms with van der Waals surface area (Å²) in [6.45, 7) is -0.106. The van der Waals surface area contributed by atoms with Crippen molar-refractivity contribution < 1.29 is 37.4 Å². The number of carboxylic acid groups (broad SMARTS) is 1. The normalized spacial score (nSPS) is 20.2. The summed E-state index contributed by atoms with van der Waals surface area (Å²) in [6.07, 6.45) is -5.93. The fourth-order valence-corrected chi connectivity index (χ4v) is 4.72. The van der Waals surface area contributed by atoms with Crippen LogP contribution in [0.2, 0.25) is 0 Å². The molecule has 0 radical (unpaired) electrons. The second kappa shape index (κ2) is 9.24. The smallest absolute Gasteiger partial charge is 0.407 e. The number of benzene rings is 2. The number of alkyl carbamates (subject to hydrolysis) is 1. The zero-order valence-corrected chi connectivity index (χ0v) is 19.0. The number of carboxylic acids is 1. The summed E-state index contributed by atoms with van der Waals surface area (Å²) < 4.78 is 46.1. The number of carbonyl (C=O) groups is 3. The Kier molecular flexibility index (Phi) is 6.48. The highest BCUT2D eigenvalue weighted by Crippen LogP contribution is 2.44. The first-order chi connectivity index (χ1) is 16.5. The molecule has 10 heteroatoms. The van der Waals surface area contributed by atoms with Crippen LogP contribution in [0.3, 0.4) is 0 Å². The maximum Gasteiger partial charge on any atom is 0.407 e. The summed E-state index contributed by atoms with van der Waals surface area (Å²) in [4.78, 5) is 37.1. The van der Waals surface area contributed by atoms with Crippen LogP contribution in [-0.4, -0.2) is 60.4 Å². The van der Waals surface area contributed by atoms with Crippen molar-refractivity contribution >= 4 is 18.0 Å². The Morgan fingerprint density at radius 1 is 1.11 bits per heavy atom. The predicted molar refractivity (Wildman–Crippen MR) is 120 cm³/mol. The summed E-state index contributed by atoms with van der Waals surface area (Å²) in [6, 6.07) is 15.3. The number of fused-ring (bicyclic) bond motifs is 3. The molecule has 0 spiro atoms. The Labute approximate surface area is 199 Å². The SMILES string of the molecule is CC1(C(=O)O)CCN(C(=O)C(CNC(=O)OCC2c3ccccc3-c3ccccc32)C(F)(F)F)C1. The number of amides is 2. The predicted octanol–water partition coefficient (Wildman–Crippen LogP) is 4.03. The van der Waals surface area contributed by atoms with Gasteiger partial charge in [0, 0.05) is 25.6 Å². The highest BCUT2D eigenvalue weighted by molar-refractivity contribution is 5.83. The molecular formula is C25H25F3N2O5. The molecule has 2 unspecified atom stereocenters. The molecule has 7 nitrogen and oxygen atoms in total.